The molecule has 2 aromatic rings. The van der Waals surface area contributed by atoms with Crippen molar-refractivity contribution in [1.29, 1.82) is 0 Å². The van der Waals surface area contributed by atoms with Gasteiger partial charge in [0.2, 0.25) is 5.91 Å². The zero-order valence-corrected chi connectivity index (χ0v) is 15.4. The average Bonchev–Trinajstić information content (AvgIpc) is 2.64. The molecule has 0 aliphatic carbocycles. The molecule has 0 bridgehead atoms. The van der Waals surface area contributed by atoms with E-state index in [0.717, 1.165) is 49.7 Å². The van der Waals surface area contributed by atoms with Gasteiger partial charge in [-0.1, -0.05) is 12.1 Å². The van der Waals surface area contributed by atoms with Crippen LogP contribution in [0.2, 0.25) is 0 Å². The maximum atomic E-state index is 13.2. The number of nitrogens with zero attached hydrogens (tertiary/aromatic N) is 2. The molecule has 1 N–H and O–H groups in total. The van der Waals surface area contributed by atoms with Gasteiger partial charge in [0.1, 0.15) is 0 Å². The van der Waals surface area contributed by atoms with Gasteiger partial charge in [0, 0.05) is 31.1 Å². The Morgan fingerprint density at radius 3 is 2.54 bits per heavy atom. The second-order valence-electron chi connectivity index (χ2n) is 6.22. The Hall–Kier alpha value is -2.12. The van der Waals surface area contributed by atoms with Crippen molar-refractivity contribution >= 4 is 29.0 Å². The van der Waals surface area contributed by atoms with E-state index in [9.17, 15) is 13.6 Å². The fraction of sp³-hybridized carbons (Fsp3) is 0.316. The molecule has 1 fully saturated rings. The highest BCUT2D eigenvalue weighted by Crippen LogP contribution is 2.27. The summed E-state index contributed by atoms with van der Waals surface area (Å²) in [5, 5.41) is 2.93. The Labute approximate surface area is 156 Å². The van der Waals surface area contributed by atoms with E-state index in [1.54, 1.807) is 0 Å². The summed E-state index contributed by atoms with van der Waals surface area (Å²) in [5.41, 5.74) is 1.78. The first-order chi connectivity index (χ1) is 12.5. The van der Waals surface area contributed by atoms with Gasteiger partial charge in [-0.25, -0.2) is 8.78 Å². The summed E-state index contributed by atoms with van der Waals surface area (Å²) in [5.74, 6) is -1.85. The van der Waals surface area contributed by atoms with Crippen molar-refractivity contribution in [2.24, 2.45) is 0 Å². The molecule has 1 amide bonds. The number of hydrogen-bond donors (Lipinski definition) is 1. The molecule has 1 aliphatic rings. The summed E-state index contributed by atoms with van der Waals surface area (Å²) in [6.45, 7) is 3.78. The lowest BCUT2D eigenvalue weighted by atomic mass is 10.2. The second kappa shape index (κ2) is 8.51. The Morgan fingerprint density at radius 2 is 1.81 bits per heavy atom. The Balaban J connectivity index is 1.61. The van der Waals surface area contributed by atoms with E-state index in [1.807, 2.05) is 24.3 Å². The minimum absolute atomic E-state index is 0.127. The highest BCUT2D eigenvalue weighted by molar-refractivity contribution is 8.00. The van der Waals surface area contributed by atoms with Crippen LogP contribution in [-0.2, 0) is 4.79 Å². The maximum Gasteiger partial charge on any atom is 0.234 e. The molecule has 3 rings (SSSR count). The molecule has 4 nitrogen and oxygen atoms in total. The first-order valence-corrected chi connectivity index (χ1v) is 9.42. The number of halogens is 2. The van der Waals surface area contributed by atoms with Crippen molar-refractivity contribution in [3.8, 4) is 0 Å². The molecule has 1 saturated heterocycles. The molecule has 0 spiro atoms. The van der Waals surface area contributed by atoms with Crippen LogP contribution in [0.15, 0.2) is 47.4 Å². The van der Waals surface area contributed by atoms with Gasteiger partial charge in [-0.05, 0) is 37.4 Å². The summed E-state index contributed by atoms with van der Waals surface area (Å²) in [6.07, 6.45) is 0. The van der Waals surface area contributed by atoms with Crippen molar-refractivity contribution in [3.05, 3.63) is 54.1 Å². The van der Waals surface area contributed by atoms with Gasteiger partial charge in [-0.3, -0.25) is 4.79 Å². The normalized spacial score (nSPS) is 15.1. The number of nitrogens with one attached hydrogen (secondary N) is 1. The molecule has 0 radical (unpaired) electrons. The van der Waals surface area contributed by atoms with E-state index in [2.05, 4.69) is 22.2 Å². The maximum absolute atomic E-state index is 13.2. The monoisotopic (exact) mass is 377 g/mol. The summed E-state index contributed by atoms with van der Waals surface area (Å²) in [7, 11) is 2.10. The lowest BCUT2D eigenvalue weighted by Crippen LogP contribution is -2.44. The van der Waals surface area contributed by atoms with Crippen molar-refractivity contribution in [2.45, 2.75) is 4.90 Å². The standard InChI is InChI=1S/C19H21F2N3OS/c1-23-8-10-24(11-9-23)18-5-3-2-4-17(18)22-19(25)13-26-14-6-7-15(20)16(21)12-14/h2-7,12H,8-11,13H2,1H3,(H,22,25). The fourth-order valence-corrected chi connectivity index (χ4v) is 3.53. The number of hydrogen-bond acceptors (Lipinski definition) is 4. The van der Waals surface area contributed by atoms with Crippen LogP contribution in [0.3, 0.4) is 0 Å². The third kappa shape index (κ3) is 4.74. The summed E-state index contributed by atoms with van der Waals surface area (Å²) in [6, 6.07) is 11.4. The summed E-state index contributed by atoms with van der Waals surface area (Å²) in [4.78, 5) is 17.4. The zero-order chi connectivity index (χ0) is 18.5. The number of rotatable bonds is 5. The van der Waals surface area contributed by atoms with Gasteiger partial charge in [-0.15, -0.1) is 11.8 Å². The summed E-state index contributed by atoms with van der Waals surface area (Å²) >= 11 is 1.17. The SMILES string of the molecule is CN1CCN(c2ccccc2NC(=O)CSc2ccc(F)c(F)c2)CC1. The topological polar surface area (TPSA) is 35.6 Å². The van der Waals surface area contributed by atoms with Gasteiger partial charge in [0.25, 0.3) is 0 Å². The number of anilines is 2. The van der Waals surface area contributed by atoms with Crippen molar-refractivity contribution in [2.75, 3.05) is 49.2 Å². The third-order valence-electron chi connectivity index (χ3n) is 4.28. The molecular weight excluding hydrogens is 356 g/mol. The lowest BCUT2D eigenvalue weighted by molar-refractivity contribution is -0.113. The molecule has 138 valence electrons. The van der Waals surface area contributed by atoms with Crippen LogP contribution in [0.4, 0.5) is 20.2 Å². The summed E-state index contributed by atoms with van der Waals surface area (Å²) < 4.78 is 26.2. The Kier molecular flexibility index (Phi) is 6.11. The molecule has 7 heteroatoms. The number of benzene rings is 2. The van der Waals surface area contributed by atoms with Crippen molar-refractivity contribution in [3.63, 3.8) is 0 Å². The quantitative estimate of drug-likeness (QED) is 0.810. The molecular formula is C19H21F2N3OS. The van der Waals surface area contributed by atoms with Crippen LogP contribution in [0.1, 0.15) is 0 Å². The van der Waals surface area contributed by atoms with E-state index in [0.29, 0.717) is 4.90 Å². The number of carbonyl (C=O) groups is 1. The van der Waals surface area contributed by atoms with Crippen LogP contribution in [0, 0.1) is 11.6 Å². The number of amides is 1. The third-order valence-corrected chi connectivity index (χ3v) is 5.28. The van der Waals surface area contributed by atoms with E-state index < -0.39 is 11.6 Å². The number of carbonyl (C=O) groups excluding carboxylic acids is 1. The molecule has 1 aliphatic heterocycles. The molecule has 1 heterocycles. The highest BCUT2D eigenvalue weighted by atomic mass is 32.2. The van der Waals surface area contributed by atoms with Gasteiger partial charge in [0.05, 0.1) is 17.1 Å². The predicted molar refractivity (Wildman–Crippen MR) is 102 cm³/mol. The molecule has 0 unspecified atom stereocenters. The van der Waals surface area contributed by atoms with Gasteiger partial charge in [0.15, 0.2) is 11.6 Å². The van der Waals surface area contributed by atoms with Gasteiger partial charge >= 0.3 is 0 Å². The smallest absolute Gasteiger partial charge is 0.234 e. The fourth-order valence-electron chi connectivity index (χ4n) is 2.80. The number of piperazine rings is 1. The van der Waals surface area contributed by atoms with Crippen molar-refractivity contribution < 1.29 is 13.6 Å². The van der Waals surface area contributed by atoms with E-state index in [4.69, 9.17) is 0 Å². The first kappa shape index (κ1) is 18.7. The molecule has 26 heavy (non-hydrogen) atoms. The predicted octanol–water partition coefficient (Wildman–Crippen LogP) is 3.45. The van der Waals surface area contributed by atoms with Crippen LogP contribution < -0.4 is 10.2 Å². The van der Waals surface area contributed by atoms with Crippen molar-refractivity contribution in [1.82, 2.24) is 4.90 Å². The minimum atomic E-state index is -0.907. The number of likely N-dealkylation sites (N-methyl/N-ethyl adjacent to an activating group) is 1. The Morgan fingerprint density at radius 1 is 1.08 bits per heavy atom. The van der Waals surface area contributed by atoms with Gasteiger partial charge in [-0.2, -0.15) is 0 Å². The molecule has 0 atom stereocenters. The van der Waals surface area contributed by atoms with Crippen LogP contribution in [0.5, 0.6) is 0 Å². The number of thioether (sulfide) groups is 1. The van der Waals surface area contributed by atoms with Gasteiger partial charge < -0.3 is 15.1 Å². The van der Waals surface area contributed by atoms with E-state index in [-0.39, 0.29) is 11.7 Å². The molecule has 0 saturated carbocycles. The largest absolute Gasteiger partial charge is 0.367 e. The van der Waals surface area contributed by atoms with Crippen LogP contribution >= 0.6 is 11.8 Å². The van der Waals surface area contributed by atoms with Crippen LogP contribution in [0.25, 0.3) is 0 Å². The number of para-hydroxylation sites is 2. The zero-order valence-electron chi connectivity index (χ0n) is 14.5. The van der Waals surface area contributed by atoms with Crippen LogP contribution in [-0.4, -0.2) is 49.8 Å². The molecule has 2 aromatic carbocycles. The second-order valence-corrected chi connectivity index (χ2v) is 7.27. The molecule has 0 aromatic heterocycles. The minimum Gasteiger partial charge on any atom is -0.367 e. The first-order valence-electron chi connectivity index (χ1n) is 8.43. The lowest BCUT2D eigenvalue weighted by Gasteiger charge is -2.35. The van der Waals surface area contributed by atoms with E-state index >= 15 is 0 Å². The highest BCUT2D eigenvalue weighted by Gasteiger charge is 2.17. The van der Waals surface area contributed by atoms with E-state index in [1.165, 1.54) is 17.8 Å². The average molecular weight is 377 g/mol. The Bertz CT molecular complexity index is 779.